The highest BCUT2D eigenvalue weighted by molar-refractivity contribution is 6.32. The monoisotopic (exact) mass is 265 g/mol. The molecule has 96 valence electrons. The maximum atomic E-state index is 9.52. The van der Waals surface area contributed by atoms with Crippen LogP contribution in [0.4, 0.5) is 5.82 Å². The predicted molar refractivity (Wildman–Crippen MR) is 73.4 cm³/mol. The average Bonchev–Trinajstić information content (AvgIpc) is 2.64. The highest BCUT2D eigenvalue weighted by atomic mass is 35.5. The van der Waals surface area contributed by atoms with Crippen LogP contribution in [-0.4, -0.2) is 14.9 Å². The second kappa shape index (κ2) is 4.21. The molecule has 0 unspecified atom stereocenters. The van der Waals surface area contributed by atoms with Gasteiger partial charge in [0.15, 0.2) is 0 Å². The minimum Gasteiger partial charge on any atom is -0.508 e. The fourth-order valence-electron chi connectivity index (χ4n) is 1.62. The van der Waals surface area contributed by atoms with Crippen molar-refractivity contribution in [3.63, 3.8) is 0 Å². The molecule has 2 rings (SSSR count). The van der Waals surface area contributed by atoms with Gasteiger partial charge in [0.1, 0.15) is 11.6 Å². The molecule has 1 heterocycles. The standard InChI is InChI=1S/C13H16ClN3O/c1-13(2,3)11-7-12(15)17(16-11)10-6-8(18)4-5-9(10)14/h4-7,18H,15H2,1-3H3. The van der Waals surface area contributed by atoms with E-state index in [2.05, 4.69) is 25.9 Å². The van der Waals surface area contributed by atoms with Crippen molar-refractivity contribution in [1.29, 1.82) is 0 Å². The third-order valence-corrected chi connectivity index (χ3v) is 2.98. The smallest absolute Gasteiger partial charge is 0.127 e. The normalized spacial score (nSPS) is 11.8. The van der Waals surface area contributed by atoms with Crippen LogP contribution in [0.3, 0.4) is 0 Å². The fraction of sp³-hybridized carbons (Fsp3) is 0.308. The number of phenols is 1. The number of nitrogens with zero attached hydrogens (tertiary/aromatic N) is 2. The van der Waals surface area contributed by atoms with Crippen LogP contribution in [0.5, 0.6) is 5.75 Å². The number of nitrogens with two attached hydrogens (primary N) is 1. The molecule has 1 aromatic heterocycles. The maximum Gasteiger partial charge on any atom is 0.127 e. The van der Waals surface area contributed by atoms with E-state index in [9.17, 15) is 5.11 Å². The first-order valence-corrected chi connectivity index (χ1v) is 6.02. The van der Waals surface area contributed by atoms with E-state index in [4.69, 9.17) is 17.3 Å². The molecule has 0 amide bonds. The Morgan fingerprint density at radius 2 is 1.94 bits per heavy atom. The number of aromatic nitrogens is 2. The molecule has 0 radical (unpaired) electrons. The molecule has 5 heteroatoms. The lowest BCUT2D eigenvalue weighted by molar-refractivity contribution is 0.474. The van der Waals surface area contributed by atoms with Crippen LogP contribution in [0.15, 0.2) is 24.3 Å². The molecule has 2 aromatic rings. The summed E-state index contributed by atoms with van der Waals surface area (Å²) in [6.45, 7) is 6.18. The Labute approximate surface area is 111 Å². The number of rotatable bonds is 1. The summed E-state index contributed by atoms with van der Waals surface area (Å²) < 4.78 is 1.54. The van der Waals surface area contributed by atoms with Crippen molar-refractivity contribution >= 4 is 17.4 Å². The molecule has 0 saturated heterocycles. The van der Waals surface area contributed by atoms with E-state index in [0.717, 1.165) is 5.69 Å². The zero-order chi connectivity index (χ0) is 13.5. The molecular formula is C13H16ClN3O. The van der Waals surface area contributed by atoms with Gasteiger partial charge in [0.2, 0.25) is 0 Å². The first kappa shape index (κ1) is 12.8. The first-order valence-electron chi connectivity index (χ1n) is 5.64. The van der Waals surface area contributed by atoms with Crippen LogP contribution in [0.1, 0.15) is 26.5 Å². The van der Waals surface area contributed by atoms with Crippen molar-refractivity contribution in [2.45, 2.75) is 26.2 Å². The molecule has 0 fully saturated rings. The van der Waals surface area contributed by atoms with Crippen LogP contribution in [-0.2, 0) is 5.41 Å². The van der Waals surface area contributed by atoms with E-state index >= 15 is 0 Å². The van der Waals surface area contributed by atoms with Crippen LogP contribution >= 0.6 is 11.6 Å². The summed E-state index contributed by atoms with van der Waals surface area (Å²) in [6, 6.07) is 6.50. The van der Waals surface area contributed by atoms with Gasteiger partial charge >= 0.3 is 0 Å². The Morgan fingerprint density at radius 1 is 1.28 bits per heavy atom. The maximum absolute atomic E-state index is 9.52. The Morgan fingerprint density at radius 3 is 2.50 bits per heavy atom. The number of halogens is 1. The number of anilines is 1. The summed E-state index contributed by atoms with van der Waals surface area (Å²) in [4.78, 5) is 0. The number of hydrogen-bond acceptors (Lipinski definition) is 3. The van der Waals surface area contributed by atoms with E-state index in [1.165, 1.54) is 12.1 Å². The van der Waals surface area contributed by atoms with E-state index in [-0.39, 0.29) is 11.2 Å². The van der Waals surface area contributed by atoms with Gasteiger partial charge < -0.3 is 10.8 Å². The van der Waals surface area contributed by atoms with Gasteiger partial charge in [-0.05, 0) is 12.1 Å². The molecule has 0 bridgehead atoms. The van der Waals surface area contributed by atoms with Crippen LogP contribution in [0, 0.1) is 0 Å². The fourth-order valence-corrected chi connectivity index (χ4v) is 1.82. The number of aromatic hydroxyl groups is 1. The Hall–Kier alpha value is -1.68. The molecular weight excluding hydrogens is 250 g/mol. The minimum atomic E-state index is -0.0946. The van der Waals surface area contributed by atoms with E-state index in [1.807, 2.05) is 6.07 Å². The number of benzene rings is 1. The third kappa shape index (κ3) is 2.29. The van der Waals surface area contributed by atoms with Crippen molar-refractivity contribution < 1.29 is 5.11 Å². The molecule has 0 aliphatic rings. The van der Waals surface area contributed by atoms with Crippen LogP contribution < -0.4 is 5.73 Å². The quantitative estimate of drug-likeness (QED) is 0.833. The van der Waals surface area contributed by atoms with Gasteiger partial charge in [0, 0.05) is 17.5 Å². The van der Waals surface area contributed by atoms with Crippen LogP contribution in [0.25, 0.3) is 5.69 Å². The second-order valence-electron chi connectivity index (χ2n) is 5.25. The molecule has 18 heavy (non-hydrogen) atoms. The molecule has 4 nitrogen and oxygen atoms in total. The molecule has 0 aliphatic heterocycles. The lowest BCUT2D eigenvalue weighted by Crippen LogP contribution is -2.12. The van der Waals surface area contributed by atoms with Gasteiger partial charge in [-0.2, -0.15) is 5.10 Å². The molecule has 0 aliphatic carbocycles. The van der Waals surface area contributed by atoms with E-state index in [0.29, 0.717) is 16.5 Å². The zero-order valence-corrected chi connectivity index (χ0v) is 11.4. The Balaban J connectivity index is 2.58. The SMILES string of the molecule is CC(C)(C)c1cc(N)n(-c2cc(O)ccc2Cl)n1. The highest BCUT2D eigenvalue weighted by Crippen LogP contribution is 2.29. The predicted octanol–water partition coefficient (Wildman–Crippen LogP) is 3.11. The summed E-state index contributed by atoms with van der Waals surface area (Å²) in [5.41, 5.74) is 7.30. The minimum absolute atomic E-state index is 0.0946. The summed E-state index contributed by atoms with van der Waals surface area (Å²) in [7, 11) is 0. The molecule has 0 saturated carbocycles. The van der Waals surface area contributed by atoms with Gasteiger partial charge in [-0.3, -0.25) is 0 Å². The number of nitrogen functional groups attached to an aromatic ring is 1. The summed E-state index contributed by atoms with van der Waals surface area (Å²) in [5, 5.41) is 14.5. The summed E-state index contributed by atoms with van der Waals surface area (Å²) in [6.07, 6.45) is 0. The average molecular weight is 266 g/mol. The summed E-state index contributed by atoms with van der Waals surface area (Å²) in [5.74, 6) is 0.619. The summed E-state index contributed by atoms with van der Waals surface area (Å²) >= 11 is 6.10. The first-order chi connectivity index (χ1) is 8.29. The van der Waals surface area contributed by atoms with Gasteiger partial charge in [-0.25, -0.2) is 4.68 Å². The van der Waals surface area contributed by atoms with E-state index in [1.54, 1.807) is 10.7 Å². The molecule has 1 aromatic carbocycles. The van der Waals surface area contributed by atoms with Crippen molar-refractivity contribution in [2.24, 2.45) is 0 Å². The van der Waals surface area contributed by atoms with Gasteiger partial charge in [0.25, 0.3) is 0 Å². The lowest BCUT2D eigenvalue weighted by Gasteiger charge is -2.14. The number of hydrogen-bond donors (Lipinski definition) is 2. The van der Waals surface area contributed by atoms with Crippen molar-refractivity contribution in [2.75, 3.05) is 5.73 Å². The second-order valence-corrected chi connectivity index (χ2v) is 5.66. The van der Waals surface area contributed by atoms with Crippen molar-refractivity contribution in [3.05, 3.63) is 35.0 Å². The van der Waals surface area contributed by atoms with E-state index < -0.39 is 0 Å². The van der Waals surface area contributed by atoms with Gasteiger partial charge in [-0.15, -0.1) is 0 Å². The van der Waals surface area contributed by atoms with Gasteiger partial charge in [-0.1, -0.05) is 32.4 Å². The van der Waals surface area contributed by atoms with Crippen molar-refractivity contribution in [3.8, 4) is 11.4 Å². The Bertz CT molecular complexity index is 584. The third-order valence-electron chi connectivity index (χ3n) is 2.66. The molecule has 0 spiro atoms. The number of phenolic OH excluding ortho intramolecular Hbond substituents is 1. The van der Waals surface area contributed by atoms with Crippen LogP contribution in [0.2, 0.25) is 5.02 Å². The zero-order valence-electron chi connectivity index (χ0n) is 10.6. The molecule has 0 atom stereocenters. The highest BCUT2D eigenvalue weighted by Gasteiger charge is 2.20. The Kier molecular flexibility index (Phi) is 2.99. The van der Waals surface area contributed by atoms with Crippen molar-refractivity contribution in [1.82, 2.24) is 9.78 Å². The topological polar surface area (TPSA) is 64.1 Å². The lowest BCUT2D eigenvalue weighted by atomic mass is 9.92. The molecule has 3 N–H and O–H groups in total. The largest absolute Gasteiger partial charge is 0.508 e. The van der Waals surface area contributed by atoms with Gasteiger partial charge in [0.05, 0.1) is 16.4 Å².